The van der Waals surface area contributed by atoms with Gasteiger partial charge in [-0.15, -0.1) is 0 Å². The van der Waals surface area contributed by atoms with Crippen LogP contribution >= 0.6 is 0 Å². The van der Waals surface area contributed by atoms with Gasteiger partial charge in [0.05, 0.1) is 0 Å². The highest BCUT2D eigenvalue weighted by molar-refractivity contribution is 5.14. The minimum absolute atomic E-state index is 0.590. The van der Waals surface area contributed by atoms with Gasteiger partial charge in [-0.3, -0.25) is 4.90 Å². The number of hydrogen-bond donors (Lipinski definition) is 1. The Bertz CT molecular complexity index is 284. The molecule has 1 atom stereocenters. The first-order chi connectivity index (χ1) is 8.27. The molecule has 0 amide bonds. The van der Waals surface area contributed by atoms with Crippen molar-refractivity contribution in [2.45, 2.75) is 39.8 Å². The zero-order valence-electron chi connectivity index (χ0n) is 11.4. The minimum Gasteiger partial charge on any atom is -0.315 e. The standard InChI is InChI=1S/C15H26N2/c1-4-11-16-12-14(3)17(5-2)13-15-9-7-6-8-10-15/h6-10,14,16H,4-5,11-13H2,1-3H3. The van der Waals surface area contributed by atoms with Crippen LogP contribution in [0.1, 0.15) is 32.8 Å². The molecule has 2 heteroatoms. The first-order valence-electron chi connectivity index (χ1n) is 6.76. The Balaban J connectivity index is 2.42. The minimum atomic E-state index is 0.590. The first-order valence-corrected chi connectivity index (χ1v) is 6.76. The lowest BCUT2D eigenvalue weighted by Crippen LogP contribution is -2.40. The molecular weight excluding hydrogens is 208 g/mol. The summed E-state index contributed by atoms with van der Waals surface area (Å²) in [7, 11) is 0. The van der Waals surface area contributed by atoms with E-state index in [0.717, 1.165) is 26.2 Å². The second-order valence-corrected chi connectivity index (χ2v) is 4.60. The molecule has 0 aliphatic rings. The van der Waals surface area contributed by atoms with E-state index < -0.39 is 0 Å². The fraction of sp³-hybridized carbons (Fsp3) is 0.600. The van der Waals surface area contributed by atoms with Gasteiger partial charge >= 0.3 is 0 Å². The van der Waals surface area contributed by atoms with E-state index in [1.54, 1.807) is 0 Å². The summed E-state index contributed by atoms with van der Waals surface area (Å²) in [6, 6.07) is 11.3. The molecule has 0 fully saturated rings. The van der Waals surface area contributed by atoms with Gasteiger partial charge in [0.15, 0.2) is 0 Å². The van der Waals surface area contributed by atoms with Crippen molar-refractivity contribution in [3.05, 3.63) is 35.9 Å². The fourth-order valence-electron chi connectivity index (χ4n) is 2.01. The van der Waals surface area contributed by atoms with Gasteiger partial charge in [0, 0.05) is 19.1 Å². The monoisotopic (exact) mass is 234 g/mol. The highest BCUT2D eigenvalue weighted by Crippen LogP contribution is 2.07. The quantitative estimate of drug-likeness (QED) is 0.696. The number of rotatable bonds is 8. The second kappa shape index (κ2) is 8.26. The topological polar surface area (TPSA) is 15.3 Å². The maximum atomic E-state index is 3.49. The summed E-state index contributed by atoms with van der Waals surface area (Å²) >= 11 is 0. The van der Waals surface area contributed by atoms with Gasteiger partial charge in [0.2, 0.25) is 0 Å². The van der Waals surface area contributed by atoms with Crippen LogP contribution in [0, 0.1) is 0 Å². The highest BCUT2D eigenvalue weighted by Gasteiger charge is 2.11. The predicted octanol–water partition coefficient (Wildman–Crippen LogP) is 2.90. The fourth-order valence-corrected chi connectivity index (χ4v) is 2.01. The summed E-state index contributed by atoms with van der Waals surface area (Å²) in [5.74, 6) is 0. The van der Waals surface area contributed by atoms with Crippen molar-refractivity contribution in [3.63, 3.8) is 0 Å². The van der Waals surface area contributed by atoms with Gasteiger partial charge in [-0.2, -0.15) is 0 Å². The molecule has 1 N–H and O–H groups in total. The molecule has 1 rings (SSSR count). The summed E-state index contributed by atoms with van der Waals surface area (Å²) in [4.78, 5) is 2.51. The molecule has 0 spiro atoms. The van der Waals surface area contributed by atoms with E-state index >= 15 is 0 Å². The van der Waals surface area contributed by atoms with Crippen LogP contribution in [0.3, 0.4) is 0 Å². The molecule has 17 heavy (non-hydrogen) atoms. The first kappa shape index (κ1) is 14.2. The van der Waals surface area contributed by atoms with Crippen LogP contribution in [0.2, 0.25) is 0 Å². The maximum Gasteiger partial charge on any atom is 0.0236 e. The van der Waals surface area contributed by atoms with E-state index in [9.17, 15) is 0 Å². The molecular formula is C15H26N2. The lowest BCUT2D eigenvalue weighted by Gasteiger charge is -2.28. The van der Waals surface area contributed by atoms with Crippen molar-refractivity contribution in [2.24, 2.45) is 0 Å². The number of nitrogens with one attached hydrogen (secondary N) is 1. The van der Waals surface area contributed by atoms with Crippen LogP contribution < -0.4 is 5.32 Å². The Hall–Kier alpha value is -0.860. The van der Waals surface area contributed by atoms with Gasteiger partial charge in [0.1, 0.15) is 0 Å². The third-order valence-electron chi connectivity index (χ3n) is 3.12. The molecule has 0 saturated carbocycles. The van der Waals surface area contributed by atoms with Crippen LogP contribution in [0.25, 0.3) is 0 Å². The van der Waals surface area contributed by atoms with E-state index in [1.165, 1.54) is 12.0 Å². The average molecular weight is 234 g/mol. The highest BCUT2D eigenvalue weighted by atomic mass is 15.2. The maximum absolute atomic E-state index is 3.49. The lowest BCUT2D eigenvalue weighted by atomic mass is 10.2. The Kier molecular flexibility index (Phi) is 6.90. The Morgan fingerprint density at radius 2 is 1.88 bits per heavy atom. The summed E-state index contributed by atoms with van der Waals surface area (Å²) < 4.78 is 0. The summed E-state index contributed by atoms with van der Waals surface area (Å²) in [5.41, 5.74) is 1.40. The third-order valence-corrected chi connectivity index (χ3v) is 3.12. The Morgan fingerprint density at radius 3 is 2.47 bits per heavy atom. The number of nitrogens with zero attached hydrogens (tertiary/aromatic N) is 1. The van der Waals surface area contributed by atoms with Crippen molar-refractivity contribution < 1.29 is 0 Å². The number of hydrogen-bond acceptors (Lipinski definition) is 2. The molecule has 0 saturated heterocycles. The molecule has 0 heterocycles. The van der Waals surface area contributed by atoms with Crippen molar-refractivity contribution in [3.8, 4) is 0 Å². The molecule has 2 nitrogen and oxygen atoms in total. The van der Waals surface area contributed by atoms with Crippen LogP contribution in [-0.2, 0) is 6.54 Å². The molecule has 96 valence electrons. The second-order valence-electron chi connectivity index (χ2n) is 4.60. The molecule has 1 aromatic carbocycles. The predicted molar refractivity (Wildman–Crippen MR) is 75.1 cm³/mol. The third kappa shape index (κ3) is 5.33. The largest absolute Gasteiger partial charge is 0.315 e. The van der Waals surface area contributed by atoms with Crippen molar-refractivity contribution in [1.82, 2.24) is 10.2 Å². The summed E-state index contributed by atoms with van der Waals surface area (Å²) in [5, 5.41) is 3.49. The van der Waals surface area contributed by atoms with E-state index in [-0.39, 0.29) is 0 Å². The van der Waals surface area contributed by atoms with Gasteiger partial charge in [0.25, 0.3) is 0 Å². The summed E-state index contributed by atoms with van der Waals surface area (Å²) in [6.45, 7) is 11.1. The normalized spacial score (nSPS) is 12.9. The van der Waals surface area contributed by atoms with E-state index in [2.05, 4.69) is 61.3 Å². The molecule has 0 aliphatic carbocycles. The average Bonchev–Trinajstić information content (AvgIpc) is 2.37. The molecule has 0 aliphatic heterocycles. The van der Waals surface area contributed by atoms with Gasteiger partial charge in [-0.25, -0.2) is 0 Å². The number of benzene rings is 1. The zero-order valence-corrected chi connectivity index (χ0v) is 11.4. The SMILES string of the molecule is CCCNCC(C)N(CC)Cc1ccccc1. The Morgan fingerprint density at radius 1 is 1.18 bits per heavy atom. The smallest absolute Gasteiger partial charge is 0.0236 e. The molecule has 0 radical (unpaired) electrons. The lowest BCUT2D eigenvalue weighted by molar-refractivity contribution is 0.206. The van der Waals surface area contributed by atoms with Crippen LogP contribution in [-0.4, -0.2) is 30.6 Å². The van der Waals surface area contributed by atoms with Gasteiger partial charge in [-0.05, 0) is 32.0 Å². The van der Waals surface area contributed by atoms with E-state index in [1.807, 2.05) is 0 Å². The van der Waals surface area contributed by atoms with Gasteiger partial charge < -0.3 is 5.32 Å². The van der Waals surface area contributed by atoms with Crippen molar-refractivity contribution >= 4 is 0 Å². The molecule has 1 unspecified atom stereocenters. The van der Waals surface area contributed by atoms with E-state index in [0.29, 0.717) is 6.04 Å². The van der Waals surface area contributed by atoms with Crippen LogP contribution in [0.15, 0.2) is 30.3 Å². The molecule has 1 aromatic rings. The zero-order chi connectivity index (χ0) is 12.5. The molecule has 0 aromatic heterocycles. The Labute approximate surface area is 106 Å². The van der Waals surface area contributed by atoms with Gasteiger partial charge in [-0.1, -0.05) is 44.2 Å². The van der Waals surface area contributed by atoms with E-state index in [4.69, 9.17) is 0 Å². The number of likely N-dealkylation sites (N-methyl/N-ethyl adjacent to an activating group) is 1. The van der Waals surface area contributed by atoms with Crippen molar-refractivity contribution in [1.29, 1.82) is 0 Å². The molecule has 0 bridgehead atoms. The van der Waals surface area contributed by atoms with Crippen molar-refractivity contribution in [2.75, 3.05) is 19.6 Å². The summed E-state index contributed by atoms with van der Waals surface area (Å²) in [6.07, 6.45) is 1.21. The van der Waals surface area contributed by atoms with Crippen LogP contribution in [0.5, 0.6) is 0 Å². The van der Waals surface area contributed by atoms with Crippen LogP contribution in [0.4, 0.5) is 0 Å².